The molecule has 1 atom stereocenters. The minimum absolute atomic E-state index is 0.128. The minimum atomic E-state index is 0.128. The van der Waals surface area contributed by atoms with E-state index >= 15 is 0 Å². The molecule has 0 radical (unpaired) electrons. The number of hydrogen-bond donors (Lipinski definition) is 1. The van der Waals surface area contributed by atoms with Crippen molar-refractivity contribution < 1.29 is 5.11 Å². The third-order valence-corrected chi connectivity index (χ3v) is 4.17. The molecule has 1 unspecified atom stereocenters. The molecule has 2 rings (SSSR count). The van der Waals surface area contributed by atoms with Crippen molar-refractivity contribution in [1.29, 1.82) is 0 Å². The van der Waals surface area contributed by atoms with Gasteiger partial charge < -0.3 is 10.0 Å². The molecule has 1 saturated heterocycles. The van der Waals surface area contributed by atoms with Crippen LogP contribution in [-0.4, -0.2) is 23.8 Å². The highest BCUT2D eigenvalue weighted by molar-refractivity contribution is 6.30. The lowest BCUT2D eigenvalue weighted by Gasteiger charge is -2.47. The lowest BCUT2D eigenvalue weighted by Crippen LogP contribution is -2.50. The van der Waals surface area contributed by atoms with Gasteiger partial charge in [-0.1, -0.05) is 17.7 Å². The maximum Gasteiger partial charge on any atom is 0.0433 e. The fourth-order valence-corrected chi connectivity index (χ4v) is 3.27. The number of piperidine rings is 1. The second-order valence-corrected chi connectivity index (χ2v) is 6.25. The molecule has 0 amide bonds. The van der Waals surface area contributed by atoms with Gasteiger partial charge in [0.25, 0.3) is 0 Å². The van der Waals surface area contributed by atoms with Gasteiger partial charge in [-0.15, -0.1) is 0 Å². The Morgan fingerprint density at radius 3 is 2.83 bits per heavy atom. The second-order valence-electron chi connectivity index (χ2n) is 5.82. The van der Waals surface area contributed by atoms with Crippen LogP contribution in [0.15, 0.2) is 24.3 Å². The molecule has 100 valence electrons. The first-order valence-electron chi connectivity index (χ1n) is 6.67. The fraction of sp³-hybridized carbons (Fsp3) is 0.600. The van der Waals surface area contributed by atoms with Crippen molar-refractivity contribution in [3.05, 3.63) is 29.3 Å². The molecule has 0 aromatic heterocycles. The molecule has 0 bridgehead atoms. The SMILES string of the molecule is CC1(C)CC(CCO)CCN1c1cccc(Cl)c1. The normalized spacial score (nSPS) is 23.1. The Labute approximate surface area is 115 Å². The van der Waals surface area contributed by atoms with Crippen LogP contribution in [0.3, 0.4) is 0 Å². The summed E-state index contributed by atoms with van der Waals surface area (Å²) < 4.78 is 0. The topological polar surface area (TPSA) is 23.5 Å². The van der Waals surface area contributed by atoms with Gasteiger partial charge in [0.15, 0.2) is 0 Å². The van der Waals surface area contributed by atoms with E-state index in [2.05, 4.69) is 24.8 Å². The van der Waals surface area contributed by atoms with E-state index in [-0.39, 0.29) is 5.54 Å². The Hall–Kier alpha value is -0.730. The largest absolute Gasteiger partial charge is 0.396 e. The number of hydrogen-bond acceptors (Lipinski definition) is 2. The van der Waals surface area contributed by atoms with Gasteiger partial charge in [0.2, 0.25) is 0 Å². The van der Waals surface area contributed by atoms with Crippen LogP contribution in [0, 0.1) is 5.92 Å². The number of halogens is 1. The van der Waals surface area contributed by atoms with Crippen LogP contribution >= 0.6 is 11.6 Å². The van der Waals surface area contributed by atoms with E-state index in [9.17, 15) is 0 Å². The first-order valence-corrected chi connectivity index (χ1v) is 7.05. The molecule has 1 N–H and O–H groups in total. The fourth-order valence-electron chi connectivity index (χ4n) is 3.08. The molecule has 0 spiro atoms. The summed E-state index contributed by atoms with van der Waals surface area (Å²) in [7, 11) is 0. The van der Waals surface area contributed by atoms with Gasteiger partial charge in [0.1, 0.15) is 0 Å². The van der Waals surface area contributed by atoms with E-state index in [0.29, 0.717) is 12.5 Å². The number of rotatable bonds is 3. The highest BCUT2D eigenvalue weighted by Gasteiger charge is 2.34. The van der Waals surface area contributed by atoms with E-state index in [1.54, 1.807) is 0 Å². The highest BCUT2D eigenvalue weighted by atomic mass is 35.5. The summed E-state index contributed by atoms with van der Waals surface area (Å²) in [6, 6.07) is 8.08. The monoisotopic (exact) mass is 267 g/mol. The number of aliphatic hydroxyl groups excluding tert-OH is 1. The molecule has 2 nitrogen and oxygen atoms in total. The maximum atomic E-state index is 9.08. The van der Waals surface area contributed by atoms with Crippen molar-refractivity contribution in [3.63, 3.8) is 0 Å². The van der Waals surface area contributed by atoms with Crippen LogP contribution in [0.2, 0.25) is 5.02 Å². The summed E-state index contributed by atoms with van der Waals surface area (Å²) in [6.45, 7) is 5.89. The Bertz CT molecular complexity index is 405. The number of benzene rings is 1. The Kier molecular flexibility index (Phi) is 4.18. The molecule has 18 heavy (non-hydrogen) atoms. The smallest absolute Gasteiger partial charge is 0.0433 e. The average molecular weight is 268 g/mol. The van der Waals surface area contributed by atoms with Crippen molar-refractivity contribution >= 4 is 17.3 Å². The van der Waals surface area contributed by atoms with Gasteiger partial charge >= 0.3 is 0 Å². The van der Waals surface area contributed by atoms with Crippen molar-refractivity contribution in [2.75, 3.05) is 18.1 Å². The van der Waals surface area contributed by atoms with Crippen LogP contribution in [0.25, 0.3) is 0 Å². The van der Waals surface area contributed by atoms with Gasteiger partial charge in [-0.05, 0) is 57.2 Å². The molecular formula is C15H22ClNO. The van der Waals surface area contributed by atoms with Crippen LogP contribution in [0.5, 0.6) is 0 Å². The van der Waals surface area contributed by atoms with E-state index < -0.39 is 0 Å². The number of anilines is 1. The highest BCUT2D eigenvalue weighted by Crippen LogP contribution is 2.37. The summed E-state index contributed by atoms with van der Waals surface area (Å²) >= 11 is 6.08. The van der Waals surface area contributed by atoms with E-state index in [1.165, 1.54) is 5.69 Å². The molecule has 1 fully saturated rings. The Balaban J connectivity index is 2.15. The zero-order chi connectivity index (χ0) is 13.2. The van der Waals surface area contributed by atoms with Crippen molar-refractivity contribution in [1.82, 2.24) is 0 Å². The molecular weight excluding hydrogens is 246 g/mol. The quantitative estimate of drug-likeness (QED) is 0.902. The van der Waals surface area contributed by atoms with Crippen molar-refractivity contribution in [3.8, 4) is 0 Å². The Morgan fingerprint density at radius 2 is 2.22 bits per heavy atom. The summed E-state index contributed by atoms with van der Waals surface area (Å²) in [5.74, 6) is 0.639. The van der Waals surface area contributed by atoms with Crippen molar-refractivity contribution in [2.45, 2.75) is 38.6 Å². The van der Waals surface area contributed by atoms with Crippen LogP contribution in [-0.2, 0) is 0 Å². The molecule has 1 aromatic rings. The van der Waals surface area contributed by atoms with Crippen LogP contribution < -0.4 is 4.90 Å². The number of aliphatic hydroxyl groups is 1. The molecule has 1 heterocycles. The molecule has 3 heteroatoms. The lowest BCUT2D eigenvalue weighted by molar-refractivity contribution is 0.205. The van der Waals surface area contributed by atoms with Crippen LogP contribution in [0.4, 0.5) is 5.69 Å². The van der Waals surface area contributed by atoms with E-state index in [0.717, 1.165) is 30.8 Å². The summed E-state index contributed by atoms with van der Waals surface area (Å²) in [6.07, 6.45) is 3.20. The maximum absolute atomic E-state index is 9.08. The lowest BCUT2D eigenvalue weighted by atomic mass is 9.81. The summed E-state index contributed by atoms with van der Waals surface area (Å²) in [5, 5.41) is 9.87. The van der Waals surface area contributed by atoms with Gasteiger partial charge in [-0.25, -0.2) is 0 Å². The van der Waals surface area contributed by atoms with E-state index in [4.69, 9.17) is 16.7 Å². The summed E-state index contributed by atoms with van der Waals surface area (Å²) in [5.41, 5.74) is 1.33. The number of nitrogens with zero attached hydrogens (tertiary/aromatic N) is 1. The van der Waals surface area contributed by atoms with Gasteiger partial charge in [0, 0.05) is 29.4 Å². The first kappa shape index (κ1) is 13.7. The standard InChI is InChI=1S/C15H22ClNO/c1-15(2)11-12(7-9-18)6-8-17(15)14-5-3-4-13(16)10-14/h3-5,10,12,18H,6-9,11H2,1-2H3. The predicted octanol–water partition coefficient (Wildman–Crippen LogP) is 3.72. The predicted molar refractivity (Wildman–Crippen MR) is 77.3 cm³/mol. The minimum Gasteiger partial charge on any atom is -0.396 e. The van der Waals surface area contributed by atoms with Gasteiger partial charge in [0.05, 0.1) is 0 Å². The van der Waals surface area contributed by atoms with Gasteiger partial charge in [-0.3, -0.25) is 0 Å². The molecule has 1 aliphatic rings. The second kappa shape index (κ2) is 5.50. The first-order chi connectivity index (χ1) is 8.53. The Morgan fingerprint density at radius 1 is 1.44 bits per heavy atom. The van der Waals surface area contributed by atoms with E-state index in [1.807, 2.05) is 18.2 Å². The third kappa shape index (κ3) is 2.99. The molecule has 0 saturated carbocycles. The van der Waals surface area contributed by atoms with Gasteiger partial charge in [-0.2, -0.15) is 0 Å². The summed E-state index contributed by atoms with van der Waals surface area (Å²) in [4.78, 5) is 2.44. The molecule has 1 aromatic carbocycles. The third-order valence-electron chi connectivity index (χ3n) is 3.94. The zero-order valence-corrected chi connectivity index (χ0v) is 12.0. The van der Waals surface area contributed by atoms with Crippen molar-refractivity contribution in [2.24, 2.45) is 5.92 Å². The zero-order valence-electron chi connectivity index (χ0n) is 11.2. The molecule has 1 aliphatic heterocycles. The van der Waals surface area contributed by atoms with Crippen LogP contribution in [0.1, 0.15) is 33.1 Å². The average Bonchev–Trinajstić information content (AvgIpc) is 2.28. The molecule has 0 aliphatic carbocycles.